The summed E-state index contributed by atoms with van der Waals surface area (Å²) in [6, 6.07) is -0.449. The summed E-state index contributed by atoms with van der Waals surface area (Å²) in [4.78, 5) is 23.7. The van der Waals surface area contributed by atoms with E-state index in [1.165, 1.54) is 12.0 Å². The van der Waals surface area contributed by atoms with Gasteiger partial charge >= 0.3 is 12.1 Å². The predicted molar refractivity (Wildman–Crippen MR) is 48.7 cm³/mol. The van der Waals surface area contributed by atoms with Gasteiger partial charge in [0.15, 0.2) is 6.04 Å². The zero-order chi connectivity index (χ0) is 10.9. The SMILES string of the molecule is COC(=O)[C@@H]1CN1C(=O)OC(C)(C)C.[V]. The van der Waals surface area contributed by atoms with Crippen molar-refractivity contribution in [2.75, 3.05) is 13.7 Å². The van der Waals surface area contributed by atoms with Gasteiger partial charge < -0.3 is 9.47 Å². The van der Waals surface area contributed by atoms with E-state index < -0.39 is 23.7 Å². The average molecular weight is 252 g/mol. The zero-order valence-electron chi connectivity index (χ0n) is 9.31. The van der Waals surface area contributed by atoms with E-state index in [-0.39, 0.29) is 18.6 Å². The Bertz CT molecular complexity index is 261. The van der Waals surface area contributed by atoms with Gasteiger partial charge in [-0.3, -0.25) is 4.90 Å². The Morgan fingerprint density at radius 2 is 1.87 bits per heavy atom. The Balaban J connectivity index is 0.00000196. The van der Waals surface area contributed by atoms with Crippen LogP contribution >= 0.6 is 0 Å². The first-order valence-electron chi connectivity index (χ1n) is 4.42. The third-order valence-corrected chi connectivity index (χ3v) is 1.71. The van der Waals surface area contributed by atoms with Gasteiger partial charge in [-0.1, -0.05) is 0 Å². The molecule has 1 aliphatic rings. The van der Waals surface area contributed by atoms with Crippen molar-refractivity contribution in [1.29, 1.82) is 0 Å². The standard InChI is InChI=1S/C9H15NO4.V/c1-9(2,3)14-8(12)10-5-6(10)7(11)13-4;/h6H,5H2,1-4H3;/t6-,10?;/m0./s1. The van der Waals surface area contributed by atoms with Crippen LogP contribution in [0, 0.1) is 0 Å². The summed E-state index contributed by atoms with van der Waals surface area (Å²) in [5.74, 6) is -0.393. The fraction of sp³-hybridized carbons (Fsp3) is 0.778. The second-order valence-electron chi connectivity index (χ2n) is 4.17. The Kier molecular flexibility index (Phi) is 4.68. The van der Waals surface area contributed by atoms with Crippen LogP contribution in [0.5, 0.6) is 0 Å². The zero-order valence-corrected chi connectivity index (χ0v) is 10.7. The largest absolute Gasteiger partial charge is 0.467 e. The molecular weight excluding hydrogens is 237 g/mol. The molecule has 1 saturated heterocycles. The molecule has 1 atom stereocenters. The van der Waals surface area contributed by atoms with Crippen molar-refractivity contribution in [3.63, 3.8) is 0 Å². The van der Waals surface area contributed by atoms with Crippen LogP contribution in [0.1, 0.15) is 20.8 Å². The summed E-state index contributed by atoms with van der Waals surface area (Å²) in [6.07, 6.45) is -0.465. The Morgan fingerprint density at radius 3 is 2.27 bits per heavy atom. The number of nitrogens with zero attached hydrogens (tertiary/aromatic N) is 1. The summed E-state index contributed by atoms with van der Waals surface area (Å²) >= 11 is 0. The van der Waals surface area contributed by atoms with E-state index in [4.69, 9.17) is 4.74 Å². The molecule has 1 heterocycles. The first-order valence-corrected chi connectivity index (χ1v) is 4.42. The number of carbonyl (C=O) groups is 2. The Labute approximate surface area is 101 Å². The molecule has 0 saturated carbocycles. The Hall–Kier alpha value is -0.676. The maximum absolute atomic E-state index is 11.3. The summed E-state index contributed by atoms with van der Waals surface area (Å²) in [6.45, 7) is 5.73. The van der Waals surface area contributed by atoms with E-state index in [1.807, 2.05) is 0 Å². The third kappa shape index (κ3) is 4.14. The third-order valence-electron chi connectivity index (χ3n) is 1.71. The van der Waals surface area contributed by atoms with E-state index in [1.54, 1.807) is 20.8 Å². The van der Waals surface area contributed by atoms with E-state index in [0.717, 1.165) is 0 Å². The van der Waals surface area contributed by atoms with Crippen molar-refractivity contribution < 1.29 is 37.6 Å². The van der Waals surface area contributed by atoms with Crippen molar-refractivity contribution >= 4 is 12.1 Å². The monoisotopic (exact) mass is 252 g/mol. The number of methoxy groups -OCH3 is 1. The van der Waals surface area contributed by atoms with E-state index in [2.05, 4.69) is 4.74 Å². The molecule has 1 aliphatic heterocycles. The molecule has 5 nitrogen and oxygen atoms in total. The van der Waals surface area contributed by atoms with Crippen molar-refractivity contribution in [3.8, 4) is 0 Å². The molecule has 1 rings (SSSR count). The first kappa shape index (κ1) is 14.3. The van der Waals surface area contributed by atoms with Gasteiger partial charge in [-0.05, 0) is 20.8 Å². The van der Waals surface area contributed by atoms with Crippen LogP contribution in [0.3, 0.4) is 0 Å². The number of amides is 1. The normalized spacial score (nSPS) is 18.9. The number of carbonyl (C=O) groups excluding carboxylic acids is 2. The number of rotatable bonds is 1. The van der Waals surface area contributed by atoms with Crippen LogP contribution in [0.4, 0.5) is 4.79 Å². The van der Waals surface area contributed by atoms with Crippen LogP contribution < -0.4 is 0 Å². The van der Waals surface area contributed by atoms with Crippen molar-refractivity contribution in [2.45, 2.75) is 32.4 Å². The molecule has 0 unspecified atom stereocenters. The number of hydrogen-bond acceptors (Lipinski definition) is 4. The molecule has 0 aromatic rings. The molecule has 6 heteroatoms. The summed E-state index contributed by atoms with van der Waals surface area (Å²) in [5, 5.41) is 0. The number of ether oxygens (including phenoxy) is 2. The van der Waals surface area contributed by atoms with Crippen molar-refractivity contribution in [2.24, 2.45) is 0 Å². The van der Waals surface area contributed by atoms with Crippen LogP contribution in [0.15, 0.2) is 0 Å². The molecule has 0 aliphatic carbocycles. The summed E-state index contributed by atoms with van der Waals surface area (Å²) in [5.41, 5.74) is -0.527. The van der Waals surface area contributed by atoms with E-state index >= 15 is 0 Å². The van der Waals surface area contributed by atoms with Crippen molar-refractivity contribution in [1.82, 2.24) is 4.90 Å². The van der Waals surface area contributed by atoms with E-state index in [9.17, 15) is 9.59 Å². The van der Waals surface area contributed by atoms with Crippen LogP contribution in [0.25, 0.3) is 0 Å². The van der Waals surface area contributed by atoms with Gasteiger partial charge in [-0.2, -0.15) is 0 Å². The van der Waals surface area contributed by atoms with Crippen molar-refractivity contribution in [3.05, 3.63) is 0 Å². The summed E-state index contributed by atoms with van der Waals surface area (Å²) < 4.78 is 9.56. The van der Waals surface area contributed by atoms with Gasteiger partial charge in [0.05, 0.1) is 13.7 Å². The average Bonchev–Trinajstić information content (AvgIpc) is 2.78. The molecule has 0 spiro atoms. The molecule has 1 radical (unpaired) electrons. The molecule has 0 N–H and O–H groups in total. The molecule has 0 aromatic heterocycles. The van der Waals surface area contributed by atoms with Gasteiger partial charge in [0.1, 0.15) is 5.60 Å². The maximum Gasteiger partial charge on any atom is 0.411 e. The van der Waals surface area contributed by atoms with Gasteiger partial charge in [0.2, 0.25) is 0 Å². The summed E-state index contributed by atoms with van der Waals surface area (Å²) in [7, 11) is 1.30. The molecule has 15 heavy (non-hydrogen) atoms. The van der Waals surface area contributed by atoms with Gasteiger partial charge in [-0.15, -0.1) is 0 Å². The number of hydrogen-bond donors (Lipinski definition) is 0. The molecule has 1 fully saturated rings. The topological polar surface area (TPSA) is 55.6 Å². The van der Waals surface area contributed by atoms with Gasteiger partial charge in [0.25, 0.3) is 0 Å². The minimum absolute atomic E-state index is 0. The molecule has 1 amide bonds. The Morgan fingerprint density at radius 1 is 1.33 bits per heavy atom. The minimum Gasteiger partial charge on any atom is -0.467 e. The number of esters is 1. The van der Waals surface area contributed by atoms with Crippen LogP contribution in [-0.2, 0) is 32.8 Å². The second kappa shape index (κ2) is 4.90. The van der Waals surface area contributed by atoms with E-state index in [0.29, 0.717) is 6.54 Å². The predicted octanol–water partition coefficient (Wildman–Crippen LogP) is 0.776. The quantitative estimate of drug-likeness (QED) is 0.511. The second-order valence-corrected chi connectivity index (χ2v) is 4.17. The molecule has 0 bridgehead atoms. The van der Waals surface area contributed by atoms with Crippen LogP contribution in [0.2, 0.25) is 0 Å². The minimum atomic E-state index is -0.527. The molecule has 85 valence electrons. The maximum atomic E-state index is 11.3. The first-order chi connectivity index (χ1) is 6.35. The van der Waals surface area contributed by atoms with Gasteiger partial charge in [-0.25, -0.2) is 9.59 Å². The fourth-order valence-corrected chi connectivity index (χ4v) is 0.999. The smallest absolute Gasteiger partial charge is 0.411 e. The molecular formula is C9H15NO4V. The fourth-order valence-electron chi connectivity index (χ4n) is 0.999. The van der Waals surface area contributed by atoms with Crippen LogP contribution in [-0.4, -0.2) is 42.3 Å². The van der Waals surface area contributed by atoms with Gasteiger partial charge in [0, 0.05) is 18.6 Å². The molecule has 0 aromatic carbocycles.